The molecule has 2 N–H and O–H groups in total. The minimum absolute atomic E-state index is 0.00231. The average molecular weight is 516 g/mol. The first kappa shape index (κ1) is 26.4. The number of ketones is 1. The standard InChI is InChI=1S/C26H27Cl2N3O4/c1-16(2)23(31-19-9-6-17(7-10-19)24(32)4-3-5-25(33)34)15-35-20-13-29-26(30-14-20)21-11-8-18(27)12-22(21)28/h6-14,16,23,31H,3-5,15H2,1-2H3,(H,33,34)/t23-/m1/s1. The summed E-state index contributed by atoms with van der Waals surface area (Å²) in [7, 11) is 0. The SMILES string of the molecule is CC(C)[C@@H](COc1cnc(-c2ccc(Cl)cc2Cl)nc1)Nc1ccc(C(=O)CCCC(=O)O)cc1. The summed E-state index contributed by atoms with van der Waals surface area (Å²) < 4.78 is 5.92. The maximum absolute atomic E-state index is 12.2. The minimum atomic E-state index is -0.896. The van der Waals surface area contributed by atoms with Gasteiger partial charge < -0.3 is 15.2 Å². The molecule has 0 amide bonds. The summed E-state index contributed by atoms with van der Waals surface area (Å²) in [6.07, 6.45) is 3.75. The number of aliphatic carboxylic acids is 1. The van der Waals surface area contributed by atoms with Crippen LogP contribution in [0.25, 0.3) is 11.4 Å². The average Bonchev–Trinajstić information content (AvgIpc) is 2.82. The topological polar surface area (TPSA) is 101 Å². The Balaban J connectivity index is 1.56. The van der Waals surface area contributed by atoms with Gasteiger partial charge in [-0.1, -0.05) is 37.0 Å². The predicted molar refractivity (Wildman–Crippen MR) is 137 cm³/mol. The lowest BCUT2D eigenvalue weighted by atomic mass is 10.0. The molecule has 0 saturated heterocycles. The number of anilines is 1. The molecular weight excluding hydrogens is 489 g/mol. The van der Waals surface area contributed by atoms with E-state index in [9.17, 15) is 9.59 Å². The highest BCUT2D eigenvalue weighted by Gasteiger charge is 2.16. The van der Waals surface area contributed by atoms with Crippen LogP contribution < -0.4 is 10.1 Å². The first-order valence-corrected chi connectivity index (χ1v) is 12.0. The van der Waals surface area contributed by atoms with Crippen molar-refractivity contribution in [1.29, 1.82) is 0 Å². The Labute approximate surface area is 214 Å². The third-order valence-corrected chi connectivity index (χ3v) is 5.94. The number of carbonyl (C=O) groups excluding carboxylic acids is 1. The lowest BCUT2D eigenvalue weighted by Crippen LogP contribution is -2.32. The van der Waals surface area contributed by atoms with Gasteiger partial charge in [0.1, 0.15) is 6.61 Å². The number of aromatic nitrogens is 2. The van der Waals surface area contributed by atoms with E-state index in [0.717, 1.165) is 5.69 Å². The molecule has 0 spiro atoms. The van der Waals surface area contributed by atoms with Crippen molar-refractivity contribution in [3.8, 4) is 17.1 Å². The summed E-state index contributed by atoms with van der Waals surface area (Å²) in [4.78, 5) is 31.5. The van der Waals surface area contributed by atoms with Crippen molar-refractivity contribution in [3.63, 3.8) is 0 Å². The van der Waals surface area contributed by atoms with Crippen molar-refractivity contribution >= 4 is 40.6 Å². The molecule has 35 heavy (non-hydrogen) atoms. The number of benzene rings is 2. The van der Waals surface area contributed by atoms with Crippen molar-refractivity contribution in [1.82, 2.24) is 9.97 Å². The Bertz CT molecular complexity index is 1150. The normalized spacial score (nSPS) is 11.8. The second kappa shape index (κ2) is 12.5. The quantitative estimate of drug-likeness (QED) is 0.269. The highest BCUT2D eigenvalue weighted by molar-refractivity contribution is 6.36. The van der Waals surface area contributed by atoms with Crippen LogP contribution in [0, 0.1) is 5.92 Å². The zero-order valence-corrected chi connectivity index (χ0v) is 21.0. The van der Waals surface area contributed by atoms with Crippen LogP contribution in [0.2, 0.25) is 10.0 Å². The number of carboxylic acid groups (broad SMARTS) is 1. The molecule has 0 radical (unpaired) electrons. The molecule has 0 unspecified atom stereocenters. The molecule has 9 heteroatoms. The Hall–Kier alpha value is -3.16. The van der Waals surface area contributed by atoms with E-state index in [4.69, 9.17) is 33.0 Å². The van der Waals surface area contributed by atoms with E-state index in [1.165, 1.54) is 0 Å². The molecule has 3 rings (SSSR count). The third kappa shape index (κ3) is 7.94. The van der Waals surface area contributed by atoms with Crippen molar-refractivity contribution in [2.45, 2.75) is 39.2 Å². The smallest absolute Gasteiger partial charge is 0.303 e. The number of ether oxygens (including phenoxy) is 1. The third-order valence-electron chi connectivity index (χ3n) is 5.39. The molecule has 1 aromatic heterocycles. The van der Waals surface area contributed by atoms with Gasteiger partial charge in [-0.25, -0.2) is 9.97 Å². The summed E-state index contributed by atoms with van der Waals surface area (Å²) in [6.45, 7) is 4.56. The van der Waals surface area contributed by atoms with Crippen molar-refractivity contribution in [3.05, 3.63) is 70.5 Å². The van der Waals surface area contributed by atoms with E-state index in [2.05, 4.69) is 29.1 Å². The molecule has 0 aliphatic heterocycles. The molecular formula is C26H27Cl2N3O4. The monoisotopic (exact) mass is 515 g/mol. The summed E-state index contributed by atoms with van der Waals surface area (Å²) >= 11 is 12.2. The van der Waals surface area contributed by atoms with Crippen LogP contribution in [0.5, 0.6) is 5.75 Å². The van der Waals surface area contributed by atoms with Crippen LogP contribution in [-0.2, 0) is 4.79 Å². The van der Waals surface area contributed by atoms with Crippen molar-refractivity contribution < 1.29 is 19.4 Å². The zero-order chi connectivity index (χ0) is 25.4. The Morgan fingerprint density at radius 2 is 1.71 bits per heavy atom. The van der Waals surface area contributed by atoms with E-state index in [1.54, 1.807) is 42.7 Å². The van der Waals surface area contributed by atoms with Gasteiger partial charge in [-0.15, -0.1) is 0 Å². The Kier molecular flexibility index (Phi) is 9.46. The van der Waals surface area contributed by atoms with Gasteiger partial charge >= 0.3 is 5.97 Å². The van der Waals surface area contributed by atoms with E-state index in [0.29, 0.717) is 45.8 Å². The highest BCUT2D eigenvalue weighted by atomic mass is 35.5. The lowest BCUT2D eigenvalue weighted by Gasteiger charge is -2.24. The maximum Gasteiger partial charge on any atom is 0.303 e. The van der Waals surface area contributed by atoms with E-state index < -0.39 is 5.97 Å². The van der Waals surface area contributed by atoms with Crippen molar-refractivity contribution in [2.75, 3.05) is 11.9 Å². The van der Waals surface area contributed by atoms with Gasteiger partial charge in [-0.3, -0.25) is 9.59 Å². The number of rotatable bonds is 12. The summed E-state index contributed by atoms with van der Waals surface area (Å²) in [5, 5.41) is 13.2. The molecule has 0 fully saturated rings. The van der Waals surface area contributed by atoms with E-state index in [1.807, 2.05) is 12.1 Å². The maximum atomic E-state index is 12.2. The van der Waals surface area contributed by atoms with Gasteiger partial charge in [0.15, 0.2) is 17.4 Å². The fourth-order valence-corrected chi connectivity index (χ4v) is 3.79. The van der Waals surface area contributed by atoms with E-state index in [-0.39, 0.29) is 30.6 Å². The fourth-order valence-electron chi connectivity index (χ4n) is 3.30. The number of nitrogens with zero attached hydrogens (tertiary/aromatic N) is 2. The van der Waals surface area contributed by atoms with Gasteiger partial charge in [-0.05, 0) is 54.8 Å². The van der Waals surface area contributed by atoms with Gasteiger partial charge in [-0.2, -0.15) is 0 Å². The van der Waals surface area contributed by atoms with Gasteiger partial charge in [0, 0.05) is 34.7 Å². The molecule has 0 aliphatic carbocycles. The first-order valence-electron chi connectivity index (χ1n) is 11.2. The summed E-state index contributed by atoms with van der Waals surface area (Å²) in [5.74, 6) is 0.321. The number of nitrogens with one attached hydrogen (secondary N) is 1. The van der Waals surface area contributed by atoms with Crippen LogP contribution in [0.4, 0.5) is 5.69 Å². The second-order valence-electron chi connectivity index (χ2n) is 8.42. The van der Waals surface area contributed by atoms with Crippen LogP contribution >= 0.6 is 23.2 Å². The van der Waals surface area contributed by atoms with Crippen molar-refractivity contribution in [2.24, 2.45) is 5.92 Å². The molecule has 0 saturated carbocycles. The Morgan fingerprint density at radius 1 is 1.03 bits per heavy atom. The van der Waals surface area contributed by atoms with Gasteiger partial charge in [0.25, 0.3) is 0 Å². The molecule has 2 aromatic carbocycles. The summed E-state index contributed by atoms with van der Waals surface area (Å²) in [5.41, 5.74) is 2.11. The van der Waals surface area contributed by atoms with Crippen LogP contribution in [0.3, 0.4) is 0 Å². The van der Waals surface area contributed by atoms with Crippen LogP contribution in [0.1, 0.15) is 43.5 Å². The highest BCUT2D eigenvalue weighted by Crippen LogP contribution is 2.28. The van der Waals surface area contributed by atoms with Gasteiger partial charge in [0.2, 0.25) is 0 Å². The molecule has 0 aliphatic rings. The number of Topliss-reactive ketones (excluding diaryl/α,β-unsaturated/α-hetero) is 1. The van der Waals surface area contributed by atoms with Crippen LogP contribution in [0.15, 0.2) is 54.9 Å². The summed E-state index contributed by atoms with van der Waals surface area (Å²) in [6, 6.07) is 12.3. The molecule has 7 nitrogen and oxygen atoms in total. The Morgan fingerprint density at radius 3 is 2.31 bits per heavy atom. The molecule has 3 aromatic rings. The number of hydrogen-bond donors (Lipinski definition) is 2. The van der Waals surface area contributed by atoms with E-state index >= 15 is 0 Å². The minimum Gasteiger partial charge on any atom is -0.488 e. The van der Waals surface area contributed by atoms with Crippen LogP contribution in [-0.4, -0.2) is 39.5 Å². The number of halogens is 2. The molecule has 184 valence electrons. The first-order chi connectivity index (χ1) is 16.7. The van der Waals surface area contributed by atoms with Gasteiger partial charge in [0.05, 0.1) is 23.5 Å². The fraction of sp³-hybridized carbons (Fsp3) is 0.308. The number of carboxylic acids is 1. The molecule has 1 heterocycles. The molecule has 0 bridgehead atoms. The molecule has 1 atom stereocenters. The number of hydrogen-bond acceptors (Lipinski definition) is 6. The lowest BCUT2D eigenvalue weighted by molar-refractivity contribution is -0.137. The largest absolute Gasteiger partial charge is 0.488 e. The number of carbonyl (C=O) groups is 2. The second-order valence-corrected chi connectivity index (χ2v) is 9.26. The predicted octanol–water partition coefficient (Wildman–Crippen LogP) is 6.40. The zero-order valence-electron chi connectivity index (χ0n) is 19.5.